The number of halogens is 1. The van der Waals surface area contributed by atoms with Crippen molar-refractivity contribution in [3.63, 3.8) is 0 Å². The van der Waals surface area contributed by atoms with Crippen molar-refractivity contribution < 1.29 is 4.74 Å². The highest BCUT2D eigenvalue weighted by molar-refractivity contribution is 14.0. The molecule has 124 valence electrons. The van der Waals surface area contributed by atoms with Gasteiger partial charge in [-0.25, -0.2) is 0 Å². The number of hydrogen-bond donors (Lipinski definition) is 1. The Balaban J connectivity index is 0.00000242. The van der Waals surface area contributed by atoms with Gasteiger partial charge in [-0.2, -0.15) is 0 Å². The van der Waals surface area contributed by atoms with Gasteiger partial charge in [-0.3, -0.25) is 4.99 Å². The zero-order valence-electron chi connectivity index (χ0n) is 13.8. The van der Waals surface area contributed by atoms with E-state index in [4.69, 9.17) is 4.74 Å². The number of aliphatic imine (C=N–C) groups is 1. The zero-order chi connectivity index (χ0) is 15.1. The van der Waals surface area contributed by atoms with Gasteiger partial charge in [-0.05, 0) is 43.4 Å². The quantitative estimate of drug-likeness (QED) is 0.463. The molecule has 4 nitrogen and oxygen atoms in total. The molecule has 1 atom stereocenters. The third kappa shape index (κ3) is 5.66. The normalized spacial score (nSPS) is 18.6. The number of ether oxygens (including phenoxy) is 1. The van der Waals surface area contributed by atoms with Crippen LogP contribution in [0, 0.1) is 5.92 Å². The van der Waals surface area contributed by atoms with Gasteiger partial charge in [-0.15, -0.1) is 24.0 Å². The Kier molecular flexibility index (Phi) is 8.60. The van der Waals surface area contributed by atoms with Crippen LogP contribution in [0.4, 0.5) is 0 Å². The Morgan fingerprint density at radius 1 is 1.45 bits per heavy atom. The summed E-state index contributed by atoms with van der Waals surface area (Å²) in [6.07, 6.45) is 2.57. The van der Waals surface area contributed by atoms with E-state index in [0.717, 1.165) is 37.3 Å². The first-order chi connectivity index (χ1) is 10.2. The minimum absolute atomic E-state index is 0. The molecular formula is C17H28IN3O. The monoisotopic (exact) mass is 417 g/mol. The summed E-state index contributed by atoms with van der Waals surface area (Å²) in [6, 6.07) is 8.23. The average Bonchev–Trinajstić information content (AvgIpc) is 2.49. The molecule has 0 aliphatic carbocycles. The number of benzene rings is 1. The Bertz CT molecular complexity index is 479. The second-order valence-corrected chi connectivity index (χ2v) is 5.67. The summed E-state index contributed by atoms with van der Waals surface area (Å²) in [6.45, 7) is 7.99. The minimum atomic E-state index is 0. The predicted octanol–water partition coefficient (Wildman–Crippen LogP) is 3.51. The molecule has 0 spiro atoms. The number of piperidine rings is 1. The van der Waals surface area contributed by atoms with E-state index in [9.17, 15) is 0 Å². The van der Waals surface area contributed by atoms with E-state index in [-0.39, 0.29) is 24.0 Å². The molecule has 0 aromatic heterocycles. The number of rotatable bonds is 4. The molecule has 1 aromatic rings. The Morgan fingerprint density at radius 2 is 2.27 bits per heavy atom. The van der Waals surface area contributed by atoms with Gasteiger partial charge in [0, 0.05) is 26.7 Å². The fourth-order valence-electron chi connectivity index (χ4n) is 2.81. The van der Waals surface area contributed by atoms with Crippen LogP contribution in [0.2, 0.25) is 0 Å². The maximum Gasteiger partial charge on any atom is 0.193 e. The van der Waals surface area contributed by atoms with Crippen molar-refractivity contribution in [1.29, 1.82) is 0 Å². The molecule has 1 saturated heterocycles. The van der Waals surface area contributed by atoms with E-state index in [0.29, 0.717) is 6.61 Å². The van der Waals surface area contributed by atoms with Crippen molar-refractivity contribution in [2.24, 2.45) is 10.9 Å². The molecule has 1 aromatic carbocycles. The van der Waals surface area contributed by atoms with Crippen LogP contribution in [0.15, 0.2) is 29.3 Å². The molecule has 1 N–H and O–H groups in total. The molecule has 1 heterocycles. The maximum atomic E-state index is 5.54. The highest BCUT2D eigenvalue weighted by Crippen LogP contribution is 2.16. The number of nitrogens with one attached hydrogen (secondary N) is 1. The molecule has 0 saturated carbocycles. The van der Waals surface area contributed by atoms with E-state index in [1.54, 1.807) is 0 Å². The Labute approximate surface area is 151 Å². The van der Waals surface area contributed by atoms with Gasteiger partial charge >= 0.3 is 0 Å². The van der Waals surface area contributed by atoms with Gasteiger partial charge < -0.3 is 15.0 Å². The van der Waals surface area contributed by atoms with E-state index >= 15 is 0 Å². The van der Waals surface area contributed by atoms with Crippen LogP contribution in [0.5, 0.6) is 5.75 Å². The summed E-state index contributed by atoms with van der Waals surface area (Å²) in [4.78, 5) is 6.78. The van der Waals surface area contributed by atoms with Gasteiger partial charge in [0.2, 0.25) is 0 Å². The largest absolute Gasteiger partial charge is 0.494 e. The summed E-state index contributed by atoms with van der Waals surface area (Å²) in [5.41, 5.74) is 1.21. The standard InChI is InChI=1S/C17H27N3O.HI/c1-4-21-16-9-5-8-15(11-16)12-19-17(18-3)20-10-6-7-14(2)13-20;/h5,8-9,11,14H,4,6-7,10,12-13H2,1-3H3,(H,18,19);1H. The lowest BCUT2D eigenvalue weighted by Crippen LogP contribution is -2.45. The van der Waals surface area contributed by atoms with Crippen LogP contribution >= 0.6 is 24.0 Å². The van der Waals surface area contributed by atoms with Crippen LogP contribution in [-0.2, 0) is 6.54 Å². The summed E-state index contributed by atoms with van der Waals surface area (Å²) in [5.74, 6) is 2.68. The second kappa shape index (κ2) is 9.92. The minimum Gasteiger partial charge on any atom is -0.494 e. The van der Waals surface area contributed by atoms with Crippen molar-refractivity contribution in [2.75, 3.05) is 26.7 Å². The molecule has 1 fully saturated rings. The van der Waals surface area contributed by atoms with Gasteiger partial charge in [0.1, 0.15) is 5.75 Å². The van der Waals surface area contributed by atoms with Crippen LogP contribution < -0.4 is 10.1 Å². The Morgan fingerprint density at radius 3 is 2.95 bits per heavy atom. The average molecular weight is 417 g/mol. The third-order valence-corrected chi connectivity index (χ3v) is 3.83. The maximum absolute atomic E-state index is 5.54. The second-order valence-electron chi connectivity index (χ2n) is 5.67. The van der Waals surface area contributed by atoms with E-state index < -0.39 is 0 Å². The van der Waals surface area contributed by atoms with Crippen LogP contribution in [0.3, 0.4) is 0 Å². The first kappa shape index (κ1) is 19.1. The van der Waals surface area contributed by atoms with Crippen LogP contribution in [0.25, 0.3) is 0 Å². The highest BCUT2D eigenvalue weighted by Gasteiger charge is 2.18. The molecule has 5 heteroatoms. The molecule has 0 amide bonds. The fourth-order valence-corrected chi connectivity index (χ4v) is 2.81. The molecule has 1 unspecified atom stereocenters. The fraction of sp³-hybridized carbons (Fsp3) is 0.588. The number of nitrogens with zero attached hydrogens (tertiary/aromatic N) is 2. The summed E-state index contributed by atoms with van der Waals surface area (Å²) in [7, 11) is 1.86. The van der Waals surface area contributed by atoms with E-state index in [1.165, 1.54) is 18.4 Å². The number of guanidine groups is 1. The molecule has 1 aliphatic rings. The first-order valence-electron chi connectivity index (χ1n) is 7.90. The van der Waals surface area contributed by atoms with Crippen molar-refractivity contribution in [1.82, 2.24) is 10.2 Å². The van der Waals surface area contributed by atoms with E-state index in [2.05, 4.69) is 34.3 Å². The predicted molar refractivity (Wildman–Crippen MR) is 103 cm³/mol. The topological polar surface area (TPSA) is 36.9 Å². The molecule has 22 heavy (non-hydrogen) atoms. The molecule has 2 rings (SSSR count). The first-order valence-corrected chi connectivity index (χ1v) is 7.90. The third-order valence-electron chi connectivity index (χ3n) is 3.83. The van der Waals surface area contributed by atoms with Crippen LogP contribution in [-0.4, -0.2) is 37.6 Å². The van der Waals surface area contributed by atoms with Gasteiger partial charge in [-0.1, -0.05) is 19.1 Å². The molecular weight excluding hydrogens is 389 g/mol. The molecule has 1 aliphatic heterocycles. The number of hydrogen-bond acceptors (Lipinski definition) is 2. The lowest BCUT2D eigenvalue weighted by atomic mass is 10.0. The smallest absolute Gasteiger partial charge is 0.193 e. The summed E-state index contributed by atoms with van der Waals surface area (Å²) < 4.78 is 5.54. The van der Waals surface area contributed by atoms with Gasteiger partial charge in [0.25, 0.3) is 0 Å². The zero-order valence-corrected chi connectivity index (χ0v) is 16.2. The number of likely N-dealkylation sites (tertiary alicyclic amines) is 1. The van der Waals surface area contributed by atoms with Crippen LogP contribution in [0.1, 0.15) is 32.3 Å². The van der Waals surface area contributed by atoms with Crippen molar-refractivity contribution in [2.45, 2.75) is 33.2 Å². The van der Waals surface area contributed by atoms with Gasteiger partial charge in [0.05, 0.1) is 6.61 Å². The lowest BCUT2D eigenvalue weighted by molar-refractivity contribution is 0.266. The van der Waals surface area contributed by atoms with Crippen molar-refractivity contribution in [3.05, 3.63) is 29.8 Å². The van der Waals surface area contributed by atoms with Crippen molar-refractivity contribution in [3.8, 4) is 5.75 Å². The molecule has 0 bridgehead atoms. The Hall–Kier alpha value is -0.980. The summed E-state index contributed by atoms with van der Waals surface area (Å²) >= 11 is 0. The van der Waals surface area contributed by atoms with Gasteiger partial charge in [0.15, 0.2) is 5.96 Å². The molecule has 0 radical (unpaired) electrons. The van der Waals surface area contributed by atoms with E-state index in [1.807, 2.05) is 26.1 Å². The lowest BCUT2D eigenvalue weighted by Gasteiger charge is -2.33. The SMILES string of the molecule is CCOc1cccc(CNC(=NC)N2CCCC(C)C2)c1.I. The highest BCUT2D eigenvalue weighted by atomic mass is 127. The van der Waals surface area contributed by atoms with Crippen molar-refractivity contribution >= 4 is 29.9 Å². The summed E-state index contributed by atoms with van der Waals surface area (Å²) in [5, 5.41) is 3.47.